The number of benzene rings is 1. The highest BCUT2D eigenvalue weighted by atomic mass is 79.9. The van der Waals surface area contributed by atoms with Crippen molar-refractivity contribution in [3.63, 3.8) is 0 Å². The molecule has 0 spiro atoms. The summed E-state index contributed by atoms with van der Waals surface area (Å²) in [5.41, 5.74) is 4.22. The van der Waals surface area contributed by atoms with E-state index in [9.17, 15) is 0 Å². The first-order valence-electron chi connectivity index (χ1n) is 4.07. The summed E-state index contributed by atoms with van der Waals surface area (Å²) in [6.45, 7) is 1.94. The molecule has 0 unspecified atom stereocenters. The Hall–Kier alpha value is -1.85. The van der Waals surface area contributed by atoms with Gasteiger partial charge in [-0.3, -0.25) is 5.43 Å². The van der Waals surface area contributed by atoms with Gasteiger partial charge in [-0.1, -0.05) is 15.9 Å². The molecule has 0 aliphatic carbocycles. The van der Waals surface area contributed by atoms with Crippen LogP contribution < -0.4 is 5.43 Å². The molecular weight excluding hydrogens is 256 g/mol. The Labute approximate surface area is 96.0 Å². The van der Waals surface area contributed by atoms with Crippen LogP contribution in [0, 0.1) is 29.6 Å². The molecule has 0 aliphatic heterocycles. The minimum atomic E-state index is -0.199. The van der Waals surface area contributed by atoms with Crippen molar-refractivity contribution in [1.29, 1.82) is 10.5 Å². The number of anilines is 1. The lowest BCUT2D eigenvalue weighted by Crippen LogP contribution is -1.96. The van der Waals surface area contributed by atoms with Gasteiger partial charge in [0.2, 0.25) is 5.71 Å². The molecule has 1 N–H and O–H groups in total. The van der Waals surface area contributed by atoms with E-state index in [4.69, 9.17) is 10.5 Å². The second-order valence-corrected chi connectivity index (χ2v) is 3.61. The van der Waals surface area contributed by atoms with Gasteiger partial charge in [-0.25, -0.2) is 0 Å². The van der Waals surface area contributed by atoms with Gasteiger partial charge in [0.25, 0.3) is 0 Å². The van der Waals surface area contributed by atoms with Crippen molar-refractivity contribution in [2.24, 2.45) is 5.10 Å². The van der Waals surface area contributed by atoms with Gasteiger partial charge in [0.1, 0.15) is 12.1 Å². The van der Waals surface area contributed by atoms with Crippen molar-refractivity contribution >= 4 is 27.3 Å². The summed E-state index contributed by atoms with van der Waals surface area (Å²) in [5, 5.41) is 20.5. The fraction of sp³-hybridized carbons (Fsp3) is 0.100. The maximum absolute atomic E-state index is 8.45. The lowest BCUT2D eigenvalue weighted by Gasteiger charge is -2.02. The van der Waals surface area contributed by atoms with Crippen LogP contribution in [-0.2, 0) is 0 Å². The molecule has 0 bridgehead atoms. The molecule has 0 saturated carbocycles. The van der Waals surface area contributed by atoms with Crippen molar-refractivity contribution in [1.82, 2.24) is 0 Å². The van der Waals surface area contributed by atoms with Crippen molar-refractivity contribution in [3.05, 3.63) is 28.2 Å². The first-order valence-corrected chi connectivity index (χ1v) is 4.86. The number of halogens is 1. The molecule has 15 heavy (non-hydrogen) atoms. The SMILES string of the molecule is Cc1cc(NN=C(C#N)C#N)ccc1Br. The van der Waals surface area contributed by atoms with Gasteiger partial charge in [0.05, 0.1) is 5.69 Å². The third-order valence-electron chi connectivity index (χ3n) is 1.67. The third kappa shape index (κ3) is 3.08. The number of rotatable bonds is 2. The zero-order valence-electron chi connectivity index (χ0n) is 7.95. The van der Waals surface area contributed by atoms with Gasteiger partial charge in [-0.2, -0.15) is 15.6 Å². The molecule has 1 aromatic rings. The maximum Gasteiger partial charge on any atom is 0.237 e. The van der Waals surface area contributed by atoms with E-state index < -0.39 is 0 Å². The monoisotopic (exact) mass is 262 g/mol. The van der Waals surface area contributed by atoms with Crippen LogP contribution in [0.2, 0.25) is 0 Å². The molecule has 5 heteroatoms. The largest absolute Gasteiger partial charge is 0.277 e. The number of nitrogens with zero attached hydrogens (tertiary/aromatic N) is 3. The summed E-state index contributed by atoms with van der Waals surface area (Å²) >= 11 is 3.37. The molecule has 0 heterocycles. The van der Waals surface area contributed by atoms with E-state index >= 15 is 0 Å². The molecular formula is C10H7BrN4. The molecule has 0 fully saturated rings. The van der Waals surface area contributed by atoms with E-state index in [1.54, 1.807) is 18.2 Å². The zero-order valence-corrected chi connectivity index (χ0v) is 9.54. The Morgan fingerprint density at radius 1 is 1.40 bits per heavy atom. The Balaban J connectivity index is 2.84. The number of nitriles is 2. The van der Waals surface area contributed by atoms with Crippen molar-refractivity contribution in [2.45, 2.75) is 6.92 Å². The van der Waals surface area contributed by atoms with Gasteiger partial charge in [-0.05, 0) is 30.7 Å². The molecule has 1 aromatic carbocycles. The molecule has 1 rings (SSSR count). The molecule has 4 nitrogen and oxygen atoms in total. The van der Waals surface area contributed by atoms with Crippen molar-refractivity contribution in [2.75, 3.05) is 5.43 Å². The first kappa shape index (κ1) is 11.2. The van der Waals surface area contributed by atoms with E-state index in [0.717, 1.165) is 15.7 Å². The van der Waals surface area contributed by atoms with E-state index in [0.29, 0.717) is 0 Å². The lowest BCUT2D eigenvalue weighted by atomic mass is 10.2. The van der Waals surface area contributed by atoms with Crippen LogP contribution in [0.3, 0.4) is 0 Å². The predicted molar refractivity (Wildman–Crippen MR) is 61.2 cm³/mol. The third-order valence-corrected chi connectivity index (χ3v) is 2.56. The van der Waals surface area contributed by atoms with Crippen LogP contribution in [0.15, 0.2) is 27.8 Å². The average Bonchev–Trinajstić information content (AvgIpc) is 2.24. The molecule has 0 aliphatic rings. The topological polar surface area (TPSA) is 72.0 Å². The second-order valence-electron chi connectivity index (χ2n) is 2.76. The molecule has 74 valence electrons. The summed E-state index contributed by atoms with van der Waals surface area (Å²) in [7, 11) is 0. The lowest BCUT2D eigenvalue weighted by molar-refractivity contribution is 1.31. The average molecular weight is 263 g/mol. The highest BCUT2D eigenvalue weighted by molar-refractivity contribution is 9.10. The smallest absolute Gasteiger partial charge is 0.237 e. The number of nitrogens with one attached hydrogen (secondary N) is 1. The van der Waals surface area contributed by atoms with Crippen LogP contribution in [0.5, 0.6) is 0 Å². The summed E-state index contributed by atoms with van der Waals surface area (Å²) in [6, 6.07) is 8.86. The van der Waals surface area contributed by atoms with Gasteiger partial charge in [0.15, 0.2) is 0 Å². The molecule has 0 saturated heterocycles. The molecule has 0 aromatic heterocycles. The highest BCUT2D eigenvalue weighted by Crippen LogP contribution is 2.19. The standard InChI is InChI=1S/C10H7BrN4/c1-7-4-8(2-3-10(7)11)14-15-9(5-12)6-13/h2-4,14H,1H3. The van der Waals surface area contributed by atoms with Gasteiger partial charge < -0.3 is 0 Å². The molecule has 0 radical (unpaired) electrons. The van der Waals surface area contributed by atoms with Crippen LogP contribution in [-0.4, -0.2) is 5.71 Å². The first-order chi connectivity index (χ1) is 7.17. The van der Waals surface area contributed by atoms with Crippen LogP contribution >= 0.6 is 15.9 Å². The van der Waals surface area contributed by atoms with Crippen LogP contribution in [0.1, 0.15) is 5.56 Å². The number of hydrogen-bond acceptors (Lipinski definition) is 4. The summed E-state index contributed by atoms with van der Waals surface area (Å²) < 4.78 is 0.998. The Bertz CT molecular complexity index is 463. The summed E-state index contributed by atoms with van der Waals surface area (Å²) in [4.78, 5) is 0. The van der Waals surface area contributed by atoms with E-state index in [1.807, 2.05) is 19.1 Å². The van der Waals surface area contributed by atoms with Crippen LogP contribution in [0.25, 0.3) is 0 Å². The fourth-order valence-corrected chi connectivity index (χ4v) is 1.16. The van der Waals surface area contributed by atoms with Crippen molar-refractivity contribution in [3.8, 4) is 12.1 Å². The van der Waals surface area contributed by atoms with Crippen LogP contribution in [0.4, 0.5) is 5.69 Å². The summed E-state index contributed by atoms with van der Waals surface area (Å²) in [5.74, 6) is 0. The summed E-state index contributed by atoms with van der Waals surface area (Å²) in [6.07, 6.45) is 0. The molecule has 0 atom stereocenters. The van der Waals surface area contributed by atoms with E-state index in [2.05, 4.69) is 26.5 Å². The minimum absolute atomic E-state index is 0.199. The van der Waals surface area contributed by atoms with Gasteiger partial charge in [-0.15, -0.1) is 0 Å². The fourth-order valence-electron chi connectivity index (χ4n) is 0.910. The Kier molecular flexibility index (Phi) is 3.84. The van der Waals surface area contributed by atoms with Crippen molar-refractivity contribution < 1.29 is 0 Å². The van der Waals surface area contributed by atoms with Gasteiger partial charge >= 0.3 is 0 Å². The number of hydrogen-bond donors (Lipinski definition) is 1. The normalized spacial score (nSPS) is 8.53. The predicted octanol–water partition coefficient (Wildman–Crippen LogP) is 2.57. The quantitative estimate of drug-likeness (QED) is 0.658. The second kappa shape index (κ2) is 5.14. The Morgan fingerprint density at radius 2 is 2.07 bits per heavy atom. The van der Waals surface area contributed by atoms with E-state index in [-0.39, 0.29) is 5.71 Å². The zero-order chi connectivity index (χ0) is 11.3. The molecule has 0 amide bonds. The minimum Gasteiger partial charge on any atom is -0.277 e. The van der Waals surface area contributed by atoms with E-state index in [1.165, 1.54) is 0 Å². The van der Waals surface area contributed by atoms with Gasteiger partial charge in [0, 0.05) is 4.47 Å². The Morgan fingerprint density at radius 3 is 2.60 bits per heavy atom. The number of hydrazone groups is 1. The maximum atomic E-state index is 8.45. The highest BCUT2D eigenvalue weighted by Gasteiger charge is 1.97. The number of aryl methyl sites for hydroxylation is 1.